The van der Waals surface area contributed by atoms with Crippen LogP contribution in [0.4, 0.5) is 11.4 Å². The Hall–Kier alpha value is -3.24. The van der Waals surface area contributed by atoms with E-state index < -0.39 is 0 Å². The lowest BCUT2D eigenvalue weighted by Gasteiger charge is -2.30. The number of ether oxygens (including phenoxy) is 2. The molecule has 0 spiro atoms. The normalized spacial score (nSPS) is 22.8. The van der Waals surface area contributed by atoms with Gasteiger partial charge in [0.25, 0.3) is 0 Å². The molecule has 0 fully saturated rings. The largest absolute Gasteiger partial charge is 0.493 e. The molecule has 0 saturated carbocycles. The van der Waals surface area contributed by atoms with E-state index in [1.165, 1.54) is 56.2 Å². The maximum atomic E-state index is 7.25. The van der Waals surface area contributed by atoms with Gasteiger partial charge in [0.15, 0.2) is 5.71 Å². The van der Waals surface area contributed by atoms with Gasteiger partial charge in [-0.3, -0.25) is 0 Å². The Morgan fingerprint density at radius 3 is 2.11 bits per heavy atom. The third-order valence-corrected chi connectivity index (χ3v) is 12.3. The van der Waals surface area contributed by atoms with Crippen molar-refractivity contribution in [2.24, 2.45) is 0 Å². The summed E-state index contributed by atoms with van der Waals surface area (Å²) >= 11 is 7.25. The average molecular weight is 624 g/mol. The van der Waals surface area contributed by atoms with Crippen molar-refractivity contribution >= 4 is 28.7 Å². The first kappa shape index (κ1) is 30.4. The number of benzene rings is 2. The van der Waals surface area contributed by atoms with Crippen LogP contribution in [0.5, 0.6) is 11.5 Å². The Morgan fingerprint density at radius 2 is 1.44 bits per heavy atom. The van der Waals surface area contributed by atoms with E-state index in [0.717, 1.165) is 87.5 Å². The highest BCUT2D eigenvalue weighted by Gasteiger charge is 2.49. The summed E-state index contributed by atoms with van der Waals surface area (Å²) in [6.07, 6.45) is 18.7. The van der Waals surface area contributed by atoms with Gasteiger partial charge in [0.05, 0.1) is 18.6 Å². The lowest BCUT2D eigenvalue weighted by atomic mass is 9.72. The summed E-state index contributed by atoms with van der Waals surface area (Å²) in [7, 11) is 4.46. The van der Waals surface area contributed by atoms with E-state index in [1.807, 2.05) is 0 Å². The van der Waals surface area contributed by atoms with Crippen molar-refractivity contribution in [2.75, 3.05) is 32.2 Å². The molecule has 0 saturated heterocycles. The van der Waals surface area contributed by atoms with Gasteiger partial charge in [-0.2, -0.15) is 4.58 Å². The molecule has 7 rings (SSSR count). The predicted octanol–water partition coefficient (Wildman–Crippen LogP) is 9.59. The first-order valence-corrected chi connectivity index (χ1v) is 17.6. The Bertz CT molecular complexity index is 1710. The minimum atomic E-state index is -0.0245. The van der Waals surface area contributed by atoms with Crippen molar-refractivity contribution in [1.29, 1.82) is 0 Å². The molecule has 0 amide bonds. The summed E-state index contributed by atoms with van der Waals surface area (Å²) < 4.78 is 14.4. The van der Waals surface area contributed by atoms with Crippen LogP contribution < -0.4 is 14.4 Å². The molecule has 0 unspecified atom stereocenters. The maximum Gasteiger partial charge on any atom is 0.210 e. The van der Waals surface area contributed by atoms with E-state index in [0.29, 0.717) is 0 Å². The third kappa shape index (κ3) is 4.49. The molecule has 2 aromatic carbocycles. The summed E-state index contributed by atoms with van der Waals surface area (Å²) in [5.74, 6) is 2.15. The van der Waals surface area contributed by atoms with Crippen LogP contribution in [0.1, 0.15) is 94.9 Å². The molecule has 1 aliphatic carbocycles. The monoisotopic (exact) mass is 623 g/mol. The number of anilines is 1. The predicted molar refractivity (Wildman–Crippen MR) is 187 cm³/mol. The average Bonchev–Trinajstić information content (AvgIpc) is 3.82. The van der Waals surface area contributed by atoms with Crippen molar-refractivity contribution in [3.8, 4) is 11.5 Å². The fraction of sp³-hybridized carbons (Fsp3) is 0.475. The van der Waals surface area contributed by atoms with Crippen LogP contribution in [0.15, 0.2) is 70.4 Å². The molecule has 0 aromatic heterocycles. The maximum absolute atomic E-state index is 7.25. The van der Waals surface area contributed by atoms with Gasteiger partial charge in [-0.25, -0.2) is 0 Å². The van der Waals surface area contributed by atoms with Crippen LogP contribution in [0.2, 0.25) is 0 Å². The molecule has 4 nitrogen and oxygen atoms in total. The first-order chi connectivity index (χ1) is 21.8. The minimum absolute atomic E-state index is 0.0245. The SMILES string of the molecule is CCC1(CC)C(/C=C/C2=C(Cl)C(=C/C=C3\N(C)c4cc5c(cc4C3(CC)CC)OCC5)/CCC2)=[N+](C)c2cc3c(cc21)OCC3. The number of likely N-dealkylation sites (N-methyl/N-ethyl adjacent to an activating group) is 1. The number of halogens is 1. The lowest BCUT2D eigenvalue weighted by molar-refractivity contribution is -0.401. The highest BCUT2D eigenvalue weighted by Crippen LogP contribution is 2.54. The van der Waals surface area contributed by atoms with Gasteiger partial charge < -0.3 is 14.4 Å². The van der Waals surface area contributed by atoms with Gasteiger partial charge in [-0.05, 0) is 91.5 Å². The van der Waals surface area contributed by atoms with Crippen LogP contribution >= 0.6 is 11.6 Å². The molecule has 0 N–H and O–H groups in total. The summed E-state index contributed by atoms with van der Waals surface area (Å²) in [6, 6.07) is 9.39. The molecular formula is C40H48ClN2O2+. The van der Waals surface area contributed by atoms with E-state index >= 15 is 0 Å². The van der Waals surface area contributed by atoms with Crippen molar-refractivity contribution in [3.63, 3.8) is 0 Å². The standard InChI is InChI=1S/C40H48ClN2O2/c1-7-39(8-2)30-24-34-28(18-20-44-34)22-32(30)42(5)36(39)16-14-26-12-11-13-27(38(26)41)15-17-37-40(9-3,10-4)31-25-35-29(19-21-45-35)23-33(31)43(37)6/h14-17,22-25H,7-13,18-21H2,1-6H3/q+1. The van der Waals surface area contributed by atoms with Gasteiger partial charge in [0.2, 0.25) is 5.69 Å². The van der Waals surface area contributed by atoms with Crippen LogP contribution in [-0.2, 0) is 23.7 Å². The molecule has 236 valence electrons. The molecular weight excluding hydrogens is 576 g/mol. The second-order valence-electron chi connectivity index (χ2n) is 13.5. The Kier molecular flexibility index (Phi) is 7.79. The zero-order valence-electron chi connectivity index (χ0n) is 28.0. The van der Waals surface area contributed by atoms with E-state index in [-0.39, 0.29) is 10.8 Å². The summed E-state index contributed by atoms with van der Waals surface area (Å²) in [5.41, 5.74) is 13.3. The van der Waals surface area contributed by atoms with Gasteiger partial charge in [-0.15, -0.1) is 0 Å². The van der Waals surface area contributed by atoms with Gasteiger partial charge in [0.1, 0.15) is 18.5 Å². The molecule has 5 heteroatoms. The van der Waals surface area contributed by atoms with Crippen LogP contribution in [0.25, 0.3) is 0 Å². The Balaban J connectivity index is 1.23. The number of hydrogen-bond acceptors (Lipinski definition) is 3. The topological polar surface area (TPSA) is 24.7 Å². The smallest absolute Gasteiger partial charge is 0.210 e. The molecule has 0 atom stereocenters. The van der Waals surface area contributed by atoms with Crippen LogP contribution in [0.3, 0.4) is 0 Å². The van der Waals surface area contributed by atoms with Crippen LogP contribution in [-0.4, -0.2) is 37.6 Å². The summed E-state index contributed by atoms with van der Waals surface area (Å²) in [6.45, 7) is 10.9. The quantitative estimate of drug-likeness (QED) is 0.287. The minimum Gasteiger partial charge on any atom is -0.493 e. The molecule has 4 heterocycles. The highest BCUT2D eigenvalue weighted by molar-refractivity contribution is 6.32. The van der Waals surface area contributed by atoms with E-state index in [4.69, 9.17) is 21.1 Å². The number of allylic oxidation sites excluding steroid dienone is 8. The first-order valence-electron chi connectivity index (χ1n) is 17.3. The van der Waals surface area contributed by atoms with Crippen molar-refractivity contribution in [1.82, 2.24) is 0 Å². The van der Waals surface area contributed by atoms with Crippen LogP contribution in [0, 0.1) is 0 Å². The lowest BCUT2D eigenvalue weighted by Crippen LogP contribution is -2.32. The molecule has 45 heavy (non-hydrogen) atoms. The Morgan fingerprint density at radius 1 is 0.800 bits per heavy atom. The Labute approximate surface area is 274 Å². The second-order valence-corrected chi connectivity index (χ2v) is 13.9. The number of rotatable bonds is 7. The molecule has 0 radical (unpaired) electrons. The van der Waals surface area contributed by atoms with Crippen molar-refractivity contribution < 1.29 is 14.0 Å². The number of hydrogen-bond donors (Lipinski definition) is 0. The fourth-order valence-corrected chi connectivity index (χ4v) is 9.33. The molecule has 2 aromatic rings. The summed E-state index contributed by atoms with van der Waals surface area (Å²) in [5, 5.41) is 0.920. The molecule has 4 aliphatic heterocycles. The second kappa shape index (κ2) is 11.5. The van der Waals surface area contributed by atoms with E-state index in [9.17, 15) is 0 Å². The van der Waals surface area contributed by atoms with E-state index in [2.05, 4.69) is 99.8 Å². The molecule has 5 aliphatic rings. The zero-order valence-corrected chi connectivity index (χ0v) is 28.7. The zero-order chi connectivity index (χ0) is 31.5. The molecule has 0 bridgehead atoms. The summed E-state index contributed by atoms with van der Waals surface area (Å²) in [4.78, 5) is 2.42. The number of nitrogens with zero attached hydrogens (tertiary/aromatic N) is 2. The van der Waals surface area contributed by atoms with Gasteiger partial charge in [0, 0.05) is 65.0 Å². The van der Waals surface area contributed by atoms with Gasteiger partial charge >= 0.3 is 0 Å². The highest BCUT2D eigenvalue weighted by atomic mass is 35.5. The van der Waals surface area contributed by atoms with Crippen molar-refractivity contribution in [3.05, 3.63) is 92.7 Å². The third-order valence-electron chi connectivity index (χ3n) is 11.8. The van der Waals surface area contributed by atoms with E-state index in [1.54, 1.807) is 0 Å². The van der Waals surface area contributed by atoms with Crippen molar-refractivity contribution in [2.45, 2.75) is 96.3 Å². The fourth-order valence-electron chi connectivity index (χ4n) is 9.02. The van der Waals surface area contributed by atoms with Gasteiger partial charge in [-0.1, -0.05) is 51.4 Å². The number of fused-ring (bicyclic) bond motifs is 4.